The average molecular weight is 302 g/mol. The van der Waals surface area contributed by atoms with Crippen molar-refractivity contribution in [1.82, 2.24) is 10.2 Å². The molecule has 1 N–H and O–H groups in total. The predicted octanol–water partition coefficient (Wildman–Crippen LogP) is 2.24. The second-order valence-electron chi connectivity index (χ2n) is 4.45. The van der Waals surface area contributed by atoms with Crippen LogP contribution in [0.1, 0.15) is 5.56 Å². The normalized spacial score (nSPS) is 19.9. The number of nitriles is 1. The lowest BCUT2D eigenvalue weighted by Gasteiger charge is -2.32. The lowest BCUT2D eigenvalue weighted by Crippen LogP contribution is -2.50. The Balaban J connectivity index is 2.18. The Morgan fingerprint density at radius 3 is 3.05 bits per heavy atom. The van der Waals surface area contributed by atoms with Crippen LogP contribution in [0, 0.1) is 11.3 Å². The number of benzene rings is 1. The zero-order chi connectivity index (χ0) is 14.5. The molecule has 20 heavy (non-hydrogen) atoms. The number of nitrogens with one attached hydrogen (secondary N) is 1. The van der Waals surface area contributed by atoms with E-state index in [4.69, 9.17) is 16.9 Å². The molecule has 0 amide bonds. The summed E-state index contributed by atoms with van der Waals surface area (Å²) in [6.07, 6.45) is 0. The number of alkyl halides is 2. The van der Waals surface area contributed by atoms with Crippen LogP contribution in [0.2, 0.25) is 5.02 Å². The molecule has 0 aliphatic carbocycles. The summed E-state index contributed by atoms with van der Waals surface area (Å²) in [5.74, 6) is 0.0969. The molecule has 0 saturated carbocycles. The van der Waals surface area contributed by atoms with Gasteiger partial charge in [-0.2, -0.15) is 14.0 Å². The first kappa shape index (κ1) is 15.0. The van der Waals surface area contributed by atoms with Crippen LogP contribution in [-0.2, 0) is 6.54 Å². The van der Waals surface area contributed by atoms with Crippen molar-refractivity contribution in [1.29, 1.82) is 5.26 Å². The molecule has 1 aromatic rings. The summed E-state index contributed by atoms with van der Waals surface area (Å²) < 4.78 is 29.3. The first-order chi connectivity index (χ1) is 9.60. The van der Waals surface area contributed by atoms with Crippen LogP contribution in [0.5, 0.6) is 5.75 Å². The molecular formula is C13H14ClF2N3O. The molecular weight excluding hydrogens is 288 g/mol. The third kappa shape index (κ3) is 3.79. The first-order valence-corrected chi connectivity index (χ1v) is 6.55. The Bertz CT molecular complexity index is 507. The van der Waals surface area contributed by atoms with Gasteiger partial charge in [0.25, 0.3) is 0 Å². The van der Waals surface area contributed by atoms with E-state index in [1.807, 2.05) is 4.90 Å². The maximum atomic E-state index is 12.4. The highest BCUT2D eigenvalue weighted by Gasteiger charge is 2.23. The van der Waals surface area contributed by atoms with E-state index in [9.17, 15) is 8.78 Å². The fraction of sp³-hybridized carbons (Fsp3) is 0.462. The molecule has 2 rings (SSSR count). The number of hydrogen-bond donors (Lipinski definition) is 1. The molecule has 1 heterocycles. The van der Waals surface area contributed by atoms with E-state index in [0.29, 0.717) is 30.2 Å². The summed E-state index contributed by atoms with van der Waals surface area (Å²) in [4.78, 5) is 1.92. The Morgan fingerprint density at radius 1 is 1.55 bits per heavy atom. The molecule has 1 atom stereocenters. The quantitative estimate of drug-likeness (QED) is 0.926. The van der Waals surface area contributed by atoms with E-state index in [-0.39, 0.29) is 11.8 Å². The Labute approximate surface area is 120 Å². The average Bonchev–Trinajstić information content (AvgIpc) is 2.42. The van der Waals surface area contributed by atoms with Crippen molar-refractivity contribution in [3.63, 3.8) is 0 Å². The SMILES string of the molecule is N#CC1CNCCN1Cc1cc(Cl)ccc1OC(F)F. The summed E-state index contributed by atoms with van der Waals surface area (Å²) in [6, 6.07) is 6.42. The van der Waals surface area contributed by atoms with Gasteiger partial charge in [-0.1, -0.05) is 11.6 Å². The van der Waals surface area contributed by atoms with Gasteiger partial charge in [-0.25, -0.2) is 0 Å². The fourth-order valence-electron chi connectivity index (χ4n) is 2.16. The van der Waals surface area contributed by atoms with Crippen LogP contribution >= 0.6 is 11.6 Å². The Hall–Kier alpha value is -1.42. The highest BCUT2D eigenvalue weighted by molar-refractivity contribution is 6.30. The topological polar surface area (TPSA) is 48.3 Å². The van der Waals surface area contributed by atoms with Crippen LogP contribution < -0.4 is 10.1 Å². The lowest BCUT2D eigenvalue weighted by molar-refractivity contribution is -0.0508. The summed E-state index contributed by atoms with van der Waals surface area (Å²) in [7, 11) is 0. The van der Waals surface area contributed by atoms with Crippen molar-refractivity contribution < 1.29 is 13.5 Å². The van der Waals surface area contributed by atoms with Crippen LogP contribution in [0.3, 0.4) is 0 Å². The van der Waals surface area contributed by atoms with Gasteiger partial charge in [-0.05, 0) is 18.2 Å². The van der Waals surface area contributed by atoms with Gasteiger partial charge in [0.15, 0.2) is 0 Å². The number of piperazine rings is 1. The first-order valence-electron chi connectivity index (χ1n) is 6.18. The van der Waals surface area contributed by atoms with Gasteiger partial charge in [-0.15, -0.1) is 0 Å². The highest BCUT2D eigenvalue weighted by atomic mass is 35.5. The van der Waals surface area contributed by atoms with E-state index in [1.54, 1.807) is 6.07 Å². The van der Waals surface area contributed by atoms with E-state index < -0.39 is 6.61 Å². The number of ether oxygens (including phenoxy) is 1. The Morgan fingerprint density at radius 2 is 2.35 bits per heavy atom. The van der Waals surface area contributed by atoms with Crippen LogP contribution in [-0.4, -0.2) is 37.2 Å². The van der Waals surface area contributed by atoms with Crippen molar-refractivity contribution in [3.05, 3.63) is 28.8 Å². The molecule has 4 nitrogen and oxygen atoms in total. The van der Waals surface area contributed by atoms with Crippen molar-refractivity contribution in [2.75, 3.05) is 19.6 Å². The zero-order valence-corrected chi connectivity index (χ0v) is 11.4. The summed E-state index contributed by atoms with van der Waals surface area (Å²) in [5, 5.41) is 12.7. The maximum absolute atomic E-state index is 12.4. The third-order valence-corrected chi connectivity index (χ3v) is 3.35. The highest BCUT2D eigenvalue weighted by Crippen LogP contribution is 2.26. The van der Waals surface area contributed by atoms with Crippen molar-refractivity contribution >= 4 is 11.6 Å². The van der Waals surface area contributed by atoms with E-state index >= 15 is 0 Å². The summed E-state index contributed by atoms with van der Waals surface area (Å²) in [5.41, 5.74) is 0.556. The fourth-order valence-corrected chi connectivity index (χ4v) is 2.36. The molecule has 1 unspecified atom stereocenters. The number of hydrogen-bond acceptors (Lipinski definition) is 4. The molecule has 1 aromatic carbocycles. The van der Waals surface area contributed by atoms with Gasteiger partial charge in [0.05, 0.1) is 6.07 Å². The molecule has 7 heteroatoms. The smallest absolute Gasteiger partial charge is 0.387 e. The molecule has 1 aliphatic rings. The number of halogens is 3. The standard InChI is InChI=1S/C13H14ClF2N3O/c14-10-1-2-12(20-13(15)16)9(5-10)8-19-4-3-18-7-11(19)6-17/h1-2,5,11,13,18H,3-4,7-8H2. The molecule has 0 radical (unpaired) electrons. The minimum Gasteiger partial charge on any atom is -0.434 e. The lowest BCUT2D eigenvalue weighted by atomic mass is 10.1. The van der Waals surface area contributed by atoms with Gasteiger partial charge in [0.1, 0.15) is 11.8 Å². The molecule has 1 fully saturated rings. The van der Waals surface area contributed by atoms with Gasteiger partial charge in [0, 0.05) is 36.8 Å². The van der Waals surface area contributed by atoms with Gasteiger partial charge in [0.2, 0.25) is 0 Å². The van der Waals surface area contributed by atoms with Gasteiger partial charge >= 0.3 is 6.61 Å². The Kier molecular flexibility index (Phi) is 5.12. The van der Waals surface area contributed by atoms with Crippen molar-refractivity contribution in [3.8, 4) is 11.8 Å². The van der Waals surface area contributed by atoms with Crippen molar-refractivity contribution in [2.45, 2.75) is 19.2 Å². The van der Waals surface area contributed by atoms with E-state index in [0.717, 1.165) is 6.54 Å². The summed E-state index contributed by atoms with van der Waals surface area (Å²) in [6.45, 7) is -0.558. The third-order valence-electron chi connectivity index (χ3n) is 3.12. The minimum atomic E-state index is -2.88. The number of rotatable bonds is 4. The summed E-state index contributed by atoms with van der Waals surface area (Å²) >= 11 is 5.90. The minimum absolute atomic E-state index is 0.0969. The van der Waals surface area contributed by atoms with E-state index in [1.165, 1.54) is 12.1 Å². The van der Waals surface area contributed by atoms with Crippen LogP contribution in [0.4, 0.5) is 8.78 Å². The molecule has 0 spiro atoms. The molecule has 0 aromatic heterocycles. The molecule has 108 valence electrons. The zero-order valence-electron chi connectivity index (χ0n) is 10.7. The molecule has 1 saturated heterocycles. The second-order valence-corrected chi connectivity index (χ2v) is 4.89. The predicted molar refractivity (Wildman–Crippen MR) is 70.8 cm³/mol. The maximum Gasteiger partial charge on any atom is 0.387 e. The molecule has 1 aliphatic heterocycles. The van der Waals surface area contributed by atoms with Gasteiger partial charge in [-0.3, -0.25) is 4.90 Å². The number of nitrogens with zero attached hydrogens (tertiary/aromatic N) is 2. The van der Waals surface area contributed by atoms with E-state index in [2.05, 4.69) is 16.1 Å². The molecule has 0 bridgehead atoms. The largest absolute Gasteiger partial charge is 0.434 e. The van der Waals surface area contributed by atoms with Crippen LogP contribution in [0.25, 0.3) is 0 Å². The second kappa shape index (κ2) is 6.84. The monoisotopic (exact) mass is 301 g/mol. The van der Waals surface area contributed by atoms with Crippen molar-refractivity contribution in [2.24, 2.45) is 0 Å². The van der Waals surface area contributed by atoms with Crippen LogP contribution in [0.15, 0.2) is 18.2 Å². The van der Waals surface area contributed by atoms with Gasteiger partial charge < -0.3 is 10.1 Å².